The van der Waals surface area contributed by atoms with Crippen LogP contribution in [0, 0.1) is 10.1 Å². The Balaban J connectivity index is 0.00000800. The predicted molar refractivity (Wildman–Crippen MR) is 135 cm³/mol. The van der Waals surface area contributed by atoms with Crippen LogP contribution in [0.5, 0.6) is 17.2 Å². The predicted octanol–water partition coefficient (Wildman–Crippen LogP) is 1.17. The molecule has 2 atom stereocenters. The first kappa shape index (κ1) is 33.4. The van der Waals surface area contributed by atoms with Crippen LogP contribution in [0.15, 0.2) is 36.4 Å². The Labute approximate surface area is 232 Å². The van der Waals surface area contributed by atoms with Crippen molar-refractivity contribution in [2.75, 3.05) is 13.2 Å². The molecule has 0 fully saturated rings. The van der Waals surface area contributed by atoms with Gasteiger partial charge in [0.05, 0.1) is 36.0 Å². The zero-order valence-corrected chi connectivity index (χ0v) is 21.9. The van der Waals surface area contributed by atoms with Crippen molar-refractivity contribution >= 4 is 42.6 Å². The van der Waals surface area contributed by atoms with Gasteiger partial charge in [0.2, 0.25) is 5.78 Å². The number of ether oxygens (including phenoxy) is 4. The number of carbonyl (C=O) groups is 5. The smallest absolute Gasteiger partial charge is 0.346 e. The highest BCUT2D eigenvalue weighted by molar-refractivity contribution is 6.18. The Morgan fingerprint density at radius 3 is 2.33 bits per heavy atom. The molecule has 2 aromatic rings. The van der Waals surface area contributed by atoms with Crippen LogP contribution in [0.4, 0.5) is 0 Å². The molecule has 2 aromatic carbocycles. The standard InChI is InChI=1S/C24H24N2O13.ClH/c1-13(28)20(25)24(32)39-22-18(35-10-5-11-37-26(33)34)9-8-16(23(31)36-12-27)19(22)21(30)15-6-3-4-7-17(15)38-14(2)29;/h3-4,6-9,12-13,20,28H,5,10-11,25H2,1-2H3;1H/t13-,20+;/m1./s1. The molecular formula is C24H25ClN2O13. The molecule has 0 saturated heterocycles. The van der Waals surface area contributed by atoms with Crippen molar-refractivity contribution in [1.82, 2.24) is 0 Å². The van der Waals surface area contributed by atoms with Gasteiger partial charge in [-0.05, 0) is 31.2 Å². The average Bonchev–Trinajstić information content (AvgIpc) is 2.87. The van der Waals surface area contributed by atoms with E-state index < -0.39 is 57.8 Å². The fraction of sp³-hybridized carbons (Fsp3) is 0.292. The lowest BCUT2D eigenvalue weighted by atomic mass is 9.96. The molecular weight excluding hydrogens is 560 g/mol. The minimum Gasteiger partial charge on any atom is -0.490 e. The molecule has 0 aliphatic rings. The molecule has 0 aliphatic carbocycles. The zero-order chi connectivity index (χ0) is 29.1. The first-order chi connectivity index (χ1) is 18.5. The Bertz CT molecular complexity index is 1270. The zero-order valence-electron chi connectivity index (χ0n) is 21.1. The van der Waals surface area contributed by atoms with Crippen LogP contribution in [0.25, 0.3) is 0 Å². The van der Waals surface area contributed by atoms with Gasteiger partial charge in [0.25, 0.3) is 5.09 Å². The van der Waals surface area contributed by atoms with Crippen LogP contribution in [0.2, 0.25) is 0 Å². The third kappa shape index (κ3) is 9.00. The molecule has 0 unspecified atom stereocenters. The summed E-state index contributed by atoms with van der Waals surface area (Å²) in [6, 6.07) is 6.00. The van der Waals surface area contributed by atoms with Gasteiger partial charge in [-0.1, -0.05) is 12.1 Å². The molecule has 0 bridgehead atoms. The second-order valence-electron chi connectivity index (χ2n) is 7.68. The van der Waals surface area contributed by atoms with Crippen molar-refractivity contribution in [3.8, 4) is 17.2 Å². The minimum absolute atomic E-state index is 0. The van der Waals surface area contributed by atoms with Crippen LogP contribution in [0.1, 0.15) is 46.5 Å². The highest BCUT2D eigenvalue weighted by Crippen LogP contribution is 2.38. The van der Waals surface area contributed by atoms with Gasteiger partial charge in [0.1, 0.15) is 11.8 Å². The molecule has 216 valence electrons. The van der Waals surface area contributed by atoms with Gasteiger partial charge >= 0.3 is 24.4 Å². The van der Waals surface area contributed by atoms with Crippen LogP contribution in [-0.2, 0) is 24.0 Å². The van der Waals surface area contributed by atoms with E-state index in [0.29, 0.717) is 0 Å². The summed E-state index contributed by atoms with van der Waals surface area (Å²) in [7, 11) is 0. The second-order valence-corrected chi connectivity index (χ2v) is 7.68. The fourth-order valence-corrected chi connectivity index (χ4v) is 3.06. The lowest BCUT2D eigenvalue weighted by Crippen LogP contribution is -2.43. The number of aliphatic hydroxyl groups is 1. The fourth-order valence-electron chi connectivity index (χ4n) is 3.06. The van der Waals surface area contributed by atoms with Crippen molar-refractivity contribution in [3.05, 3.63) is 63.2 Å². The van der Waals surface area contributed by atoms with Gasteiger partial charge in [-0.3, -0.25) is 14.4 Å². The number of rotatable bonds is 14. The molecule has 0 amide bonds. The topological polar surface area (TPSA) is 221 Å². The lowest BCUT2D eigenvalue weighted by Gasteiger charge is -2.20. The number of esters is 3. The summed E-state index contributed by atoms with van der Waals surface area (Å²) in [5, 5.41) is 19.1. The summed E-state index contributed by atoms with van der Waals surface area (Å²) in [4.78, 5) is 76.0. The van der Waals surface area contributed by atoms with E-state index in [1.807, 2.05) is 0 Å². The Hall–Kier alpha value is -4.60. The molecule has 40 heavy (non-hydrogen) atoms. The van der Waals surface area contributed by atoms with Gasteiger partial charge in [-0.2, -0.15) is 0 Å². The lowest BCUT2D eigenvalue weighted by molar-refractivity contribution is -0.757. The molecule has 0 heterocycles. The van der Waals surface area contributed by atoms with Crippen molar-refractivity contribution in [2.45, 2.75) is 32.4 Å². The largest absolute Gasteiger partial charge is 0.490 e. The van der Waals surface area contributed by atoms with Gasteiger partial charge in [-0.25, -0.2) is 9.59 Å². The molecule has 0 aliphatic heterocycles. The van der Waals surface area contributed by atoms with Crippen LogP contribution >= 0.6 is 12.4 Å². The molecule has 0 spiro atoms. The van der Waals surface area contributed by atoms with Crippen molar-refractivity contribution in [3.63, 3.8) is 0 Å². The molecule has 2 rings (SSSR count). The number of hydrogen-bond acceptors (Lipinski definition) is 14. The summed E-state index contributed by atoms with van der Waals surface area (Å²) in [6.07, 6.45) is -1.40. The van der Waals surface area contributed by atoms with Crippen molar-refractivity contribution in [1.29, 1.82) is 0 Å². The van der Waals surface area contributed by atoms with Crippen molar-refractivity contribution in [2.24, 2.45) is 5.73 Å². The van der Waals surface area contributed by atoms with E-state index in [0.717, 1.165) is 19.1 Å². The maximum Gasteiger partial charge on any atom is 0.346 e. The normalized spacial score (nSPS) is 11.6. The summed E-state index contributed by atoms with van der Waals surface area (Å²) in [5.74, 6) is -5.45. The quantitative estimate of drug-likeness (QED) is 0.0465. The third-order valence-corrected chi connectivity index (χ3v) is 4.85. The van der Waals surface area contributed by atoms with Gasteiger partial charge in [0.15, 0.2) is 11.5 Å². The van der Waals surface area contributed by atoms with E-state index in [9.17, 15) is 39.2 Å². The average molecular weight is 585 g/mol. The third-order valence-electron chi connectivity index (χ3n) is 4.85. The number of benzene rings is 2. The van der Waals surface area contributed by atoms with Gasteiger partial charge in [-0.15, -0.1) is 22.5 Å². The van der Waals surface area contributed by atoms with Crippen molar-refractivity contribution < 1.29 is 58.0 Å². The first-order valence-electron chi connectivity index (χ1n) is 11.2. The summed E-state index contributed by atoms with van der Waals surface area (Å²) >= 11 is 0. The first-order valence-corrected chi connectivity index (χ1v) is 11.2. The molecule has 15 nitrogen and oxygen atoms in total. The number of halogens is 1. The van der Waals surface area contributed by atoms with E-state index in [2.05, 4.69) is 9.57 Å². The number of nitrogens with zero attached hydrogens (tertiary/aromatic N) is 1. The maximum absolute atomic E-state index is 13.8. The number of hydrogen-bond donors (Lipinski definition) is 2. The molecule has 16 heteroatoms. The van der Waals surface area contributed by atoms with E-state index in [-0.39, 0.29) is 55.6 Å². The van der Waals surface area contributed by atoms with Crippen LogP contribution in [0.3, 0.4) is 0 Å². The number of aliphatic hydroxyl groups excluding tert-OH is 1. The molecule has 0 aromatic heterocycles. The summed E-state index contributed by atoms with van der Waals surface area (Å²) in [5.41, 5.74) is 4.24. The monoisotopic (exact) mass is 584 g/mol. The Morgan fingerprint density at radius 2 is 1.73 bits per heavy atom. The minimum atomic E-state index is -1.59. The molecule has 0 saturated carbocycles. The summed E-state index contributed by atoms with van der Waals surface area (Å²) < 4.78 is 20.3. The van der Waals surface area contributed by atoms with Crippen LogP contribution in [-0.4, -0.2) is 65.7 Å². The van der Waals surface area contributed by atoms with Gasteiger partial charge in [0, 0.05) is 13.3 Å². The Kier molecular flexibility index (Phi) is 13.1. The SMILES string of the molecule is CC(=O)Oc1ccccc1C(=O)c1c(C(=O)OC=O)ccc(OCCCO[N+](=O)[O-])c1OC(=O)[C@@H](N)[C@@H](C)O.Cl. The maximum atomic E-state index is 13.8. The van der Waals surface area contributed by atoms with E-state index in [4.69, 9.17) is 19.9 Å². The molecule has 3 N–H and O–H groups in total. The van der Waals surface area contributed by atoms with Gasteiger partial charge < -0.3 is 34.6 Å². The van der Waals surface area contributed by atoms with E-state index >= 15 is 0 Å². The number of ketones is 1. The Morgan fingerprint density at radius 1 is 1.05 bits per heavy atom. The second kappa shape index (κ2) is 15.7. The summed E-state index contributed by atoms with van der Waals surface area (Å²) in [6.45, 7) is 1.53. The number of nitrogens with two attached hydrogens (primary N) is 1. The van der Waals surface area contributed by atoms with E-state index in [1.54, 1.807) is 0 Å². The van der Waals surface area contributed by atoms with Crippen LogP contribution < -0.4 is 19.9 Å². The highest BCUT2D eigenvalue weighted by Gasteiger charge is 2.32. The number of para-hydroxylation sites is 1. The molecule has 0 radical (unpaired) electrons. The number of carbonyl (C=O) groups excluding carboxylic acids is 5. The van der Waals surface area contributed by atoms with E-state index in [1.165, 1.54) is 31.2 Å². The highest BCUT2D eigenvalue weighted by atomic mass is 35.5.